The topological polar surface area (TPSA) is 78.9 Å². The molecule has 0 spiro atoms. The molecule has 2 atom stereocenters. The second-order valence-corrected chi connectivity index (χ2v) is 5.13. The van der Waals surface area contributed by atoms with Crippen molar-refractivity contribution in [2.24, 2.45) is 5.92 Å². The number of carbonyl (C=O) groups is 2. The molecule has 6 nitrogen and oxygen atoms in total. The van der Waals surface area contributed by atoms with Crippen LogP contribution in [-0.4, -0.2) is 41.7 Å². The van der Waals surface area contributed by atoms with E-state index in [0.29, 0.717) is 13.2 Å². The van der Waals surface area contributed by atoms with Gasteiger partial charge in [-0.2, -0.15) is 0 Å². The number of rotatable bonds is 5. The molecule has 114 valence electrons. The van der Waals surface area contributed by atoms with E-state index in [1.807, 2.05) is 31.2 Å². The average molecular weight is 292 g/mol. The Morgan fingerprint density at radius 1 is 1.48 bits per heavy atom. The molecular formula is C15H20N2O4. The number of para-hydroxylation sites is 1. The maximum atomic E-state index is 12.3. The molecule has 1 aliphatic heterocycles. The fourth-order valence-corrected chi connectivity index (χ4v) is 2.29. The predicted octanol–water partition coefficient (Wildman–Crippen LogP) is 1.87. The fraction of sp³-hybridized carbons (Fsp3) is 0.467. The largest absolute Gasteiger partial charge is 0.491 e. The first-order valence-corrected chi connectivity index (χ1v) is 7.03. The van der Waals surface area contributed by atoms with Crippen LogP contribution >= 0.6 is 0 Å². The van der Waals surface area contributed by atoms with Crippen LogP contribution in [0.5, 0.6) is 5.75 Å². The zero-order chi connectivity index (χ0) is 15.4. The second-order valence-electron chi connectivity index (χ2n) is 5.13. The number of carboxylic acid groups (broad SMARTS) is 1. The number of amides is 2. The number of ether oxygens (including phenoxy) is 1. The third kappa shape index (κ3) is 3.45. The molecule has 0 radical (unpaired) electrons. The SMILES string of the molecule is CCN(CC(C)C(=O)O)C(=O)NC1COc2ccccc21. The number of nitrogens with one attached hydrogen (secondary N) is 1. The number of carboxylic acids is 1. The molecule has 0 bridgehead atoms. The monoisotopic (exact) mass is 292 g/mol. The van der Waals surface area contributed by atoms with Crippen molar-refractivity contribution in [2.45, 2.75) is 19.9 Å². The molecule has 0 aromatic heterocycles. The third-order valence-electron chi connectivity index (χ3n) is 3.58. The lowest BCUT2D eigenvalue weighted by Gasteiger charge is -2.25. The van der Waals surface area contributed by atoms with E-state index in [4.69, 9.17) is 9.84 Å². The van der Waals surface area contributed by atoms with Gasteiger partial charge in [0.25, 0.3) is 0 Å². The highest BCUT2D eigenvalue weighted by atomic mass is 16.5. The predicted molar refractivity (Wildman–Crippen MR) is 77.3 cm³/mol. The van der Waals surface area contributed by atoms with Crippen LogP contribution < -0.4 is 10.1 Å². The number of aliphatic carboxylic acids is 1. The molecule has 1 aliphatic rings. The van der Waals surface area contributed by atoms with Crippen molar-refractivity contribution in [1.82, 2.24) is 10.2 Å². The summed E-state index contributed by atoms with van der Waals surface area (Å²) in [6.45, 7) is 4.46. The molecule has 0 aliphatic carbocycles. The van der Waals surface area contributed by atoms with Gasteiger partial charge in [0.05, 0.1) is 12.0 Å². The molecule has 0 saturated heterocycles. The van der Waals surface area contributed by atoms with Crippen LogP contribution in [0.15, 0.2) is 24.3 Å². The van der Waals surface area contributed by atoms with Gasteiger partial charge in [-0.3, -0.25) is 4.79 Å². The first-order valence-electron chi connectivity index (χ1n) is 7.03. The molecule has 2 amide bonds. The zero-order valence-corrected chi connectivity index (χ0v) is 12.2. The summed E-state index contributed by atoms with van der Waals surface area (Å²) < 4.78 is 5.52. The van der Waals surface area contributed by atoms with Crippen LogP contribution in [0.3, 0.4) is 0 Å². The molecule has 1 heterocycles. The Morgan fingerprint density at radius 2 is 2.19 bits per heavy atom. The van der Waals surface area contributed by atoms with Crippen LogP contribution in [0.2, 0.25) is 0 Å². The summed E-state index contributed by atoms with van der Waals surface area (Å²) in [6, 6.07) is 7.11. The van der Waals surface area contributed by atoms with Crippen LogP contribution in [0, 0.1) is 5.92 Å². The van der Waals surface area contributed by atoms with E-state index in [1.54, 1.807) is 6.92 Å². The second kappa shape index (κ2) is 6.47. The highest BCUT2D eigenvalue weighted by Crippen LogP contribution is 2.31. The number of hydrogen-bond acceptors (Lipinski definition) is 3. The van der Waals surface area contributed by atoms with E-state index in [-0.39, 0.29) is 18.6 Å². The van der Waals surface area contributed by atoms with Crippen LogP contribution in [0.4, 0.5) is 4.79 Å². The number of hydrogen-bond donors (Lipinski definition) is 2. The number of fused-ring (bicyclic) bond motifs is 1. The summed E-state index contributed by atoms with van der Waals surface area (Å²) in [7, 11) is 0. The standard InChI is InChI=1S/C15H20N2O4/c1-3-17(8-10(2)14(18)19)15(20)16-12-9-21-13-7-5-4-6-11(12)13/h4-7,10,12H,3,8-9H2,1-2H3,(H,16,20)(H,18,19). The fourth-order valence-electron chi connectivity index (χ4n) is 2.29. The van der Waals surface area contributed by atoms with Crippen molar-refractivity contribution in [3.63, 3.8) is 0 Å². The molecule has 0 fully saturated rings. The van der Waals surface area contributed by atoms with E-state index in [9.17, 15) is 9.59 Å². The summed E-state index contributed by atoms with van der Waals surface area (Å²) in [5.41, 5.74) is 0.952. The summed E-state index contributed by atoms with van der Waals surface area (Å²) in [5, 5.41) is 11.8. The molecule has 21 heavy (non-hydrogen) atoms. The van der Waals surface area contributed by atoms with Gasteiger partial charge in [0, 0.05) is 18.7 Å². The number of nitrogens with zero attached hydrogens (tertiary/aromatic N) is 1. The first-order chi connectivity index (χ1) is 10.0. The lowest BCUT2D eigenvalue weighted by Crippen LogP contribution is -2.44. The van der Waals surface area contributed by atoms with Gasteiger partial charge in [-0.25, -0.2) is 4.79 Å². The van der Waals surface area contributed by atoms with Gasteiger partial charge >= 0.3 is 12.0 Å². The van der Waals surface area contributed by atoms with E-state index in [1.165, 1.54) is 4.90 Å². The average Bonchev–Trinajstić information content (AvgIpc) is 2.87. The van der Waals surface area contributed by atoms with E-state index in [0.717, 1.165) is 11.3 Å². The van der Waals surface area contributed by atoms with Gasteiger partial charge in [0.1, 0.15) is 12.4 Å². The van der Waals surface area contributed by atoms with Gasteiger partial charge in [0.2, 0.25) is 0 Å². The highest BCUT2D eigenvalue weighted by molar-refractivity contribution is 5.76. The van der Waals surface area contributed by atoms with Gasteiger partial charge < -0.3 is 20.1 Å². The maximum absolute atomic E-state index is 12.3. The van der Waals surface area contributed by atoms with Crippen molar-refractivity contribution >= 4 is 12.0 Å². The summed E-state index contributed by atoms with van der Waals surface area (Å²) >= 11 is 0. The first kappa shape index (κ1) is 15.2. The molecule has 2 N–H and O–H groups in total. The lowest BCUT2D eigenvalue weighted by molar-refractivity contribution is -0.141. The van der Waals surface area contributed by atoms with Gasteiger partial charge in [0.15, 0.2) is 0 Å². The Labute approximate surface area is 123 Å². The summed E-state index contributed by atoms with van der Waals surface area (Å²) in [4.78, 5) is 24.7. The molecule has 6 heteroatoms. The van der Waals surface area contributed by atoms with Crippen molar-refractivity contribution < 1.29 is 19.4 Å². The smallest absolute Gasteiger partial charge is 0.318 e. The number of urea groups is 1. The van der Waals surface area contributed by atoms with E-state index < -0.39 is 11.9 Å². The normalized spacial score (nSPS) is 17.5. The number of benzene rings is 1. The molecule has 1 aromatic rings. The Kier molecular flexibility index (Phi) is 4.67. The van der Waals surface area contributed by atoms with Crippen molar-refractivity contribution in [2.75, 3.05) is 19.7 Å². The van der Waals surface area contributed by atoms with Crippen molar-refractivity contribution in [3.05, 3.63) is 29.8 Å². The van der Waals surface area contributed by atoms with Gasteiger partial charge in [-0.15, -0.1) is 0 Å². The molecular weight excluding hydrogens is 272 g/mol. The Morgan fingerprint density at radius 3 is 2.86 bits per heavy atom. The third-order valence-corrected chi connectivity index (χ3v) is 3.58. The molecule has 0 saturated carbocycles. The number of carbonyl (C=O) groups excluding carboxylic acids is 1. The zero-order valence-electron chi connectivity index (χ0n) is 12.2. The van der Waals surface area contributed by atoms with Crippen LogP contribution in [0.25, 0.3) is 0 Å². The Bertz CT molecular complexity index is 532. The van der Waals surface area contributed by atoms with Crippen molar-refractivity contribution in [1.29, 1.82) is 0 Å². The highest BCUT2D eigenvalue weighted by Gasteiger charge is 2.27. The van der Waals surface area contributed by atoms with Gasteiger partial charge in [-0.1, -0.05) is 25.1 Å². The van der Waals surface area contributed by atoms with Crippen LogP contribution in [-0.2, 0) is 4.79 Å². The van der Waals surface area contributed by atoms with Crippen molar-refractivity contribution in [3.8, 4) is 5.75 Å². The summed E-state index contributed by atoms with van der Waals surface area (Å²) in [5.74, 6) is -0.719. The van der Waals surface area contributed by atoms with Gasteiger partial charge in [-0.05, 0) is 13.0 Å². The summed E-state index contributed by atoms with van der Waals surface area (Å²) in [6.07, 6.45) is 0. The minimum absolute atomic E-state index is 0.187. The molecule has 2 rings (SSSR count). The minimum Gasteiger partial charge on any atom is -0.491 e. The van der Waals surface area contributed by atoms with E-state index >= 15 is 0 Å². The quantitative estimate of drug-likeness (QED) is 0.868. The van der Waals surface area contributed by atoms with E-state index in [2.05, 4.69) is 5.32 Å². The lowest BCUT2D eigenvalue weighted by atomic mass is 10.1. The molecule has 2 unspecified atom stereocenters. The Hall–Kier alpha value is -2.24. The molecule has 1 aromatic carbocycles. The maximum Gasteiger partial charge on any atom is 0.318 e. The Balaban J connectivity index is 1.99. The minimum atomic E-state index is -0.907. The van der Waals surface area contributed by atoms with Crippen LogP contribution in [0.1, 0.15) is 25.5 Å².